The smallest absolute Gasteiger partial charge is 0.254 e. The molecule has 1 atom stereocenters. The van der Waals surface area contributed by atoms with Crippen molar-refractivity contribution in [1.29, 1.82) is 0 Å². The topological polar surface area (TPSA) is 53.4 Å². The summed E-state index contributed by atoms with van der Waals surface area (Å²) in [5.41, 5.74) is 1.27. The van der Waals surface area contributed by atoms with Gasteiger partial charge in [0.2, 0.25) is 0 Å². The number of nitrogens with zero attached hydrogens (tertiary/aromatic N) is 2. The molecule has 1 aliphatic rings. The molecule has 0 aliphatic carbocycles. The maximum Gasteiger partial charge on any atom is 0.254 e. The van der Waals surface area contributed by atoms with E-state index in [4.69, 9.17) is 0 Å². The lowest BCUT2D eigenvalue weighted by Crippen LogP contribution is -2.37. The molecular weight excluding hydrogens is 350 g/mol. The molecule has 1 aliphatic heterocycles. The Balaban J connectivity index is 1.91. The predicted octanol–water partition coefficient (Wildman–Crippen LogP) is 3.78. The Morgan fingerprint density at radius 1 is 1.19 bits per heavy atom. The van der Waals surface area contributed by atoms with E-state index in [1.54, 1.807) is 23.1 Å². The fourth-order valence-corrected chi connectivity index (χ4v) is 3.63. The van der Waals surface area contributed by atoms with Gasteiger partial charge in [0.1, 0.15) is 11.6 Å². The van der Waals surface area contributed by atoms with E-state index >= 15 is 0 Å². The van der Waals surface area contributed by atoms with Crippen molar-refractivity contribution in [3.05, 3.63) is 65.7 Å². The van der Waals surface area contributed by atoms with Gasteiger partial charge in [-0.05, 0) is 49.2 Å². The van der Waals surface area contributed by atoms with Gasteiger partial charge in [0, 0.05) is 17.5 Å². The largest absolute Gasteiger partial charge is 0.394 e. The van der Waals surface area contributed by atoms with Gasteiger partial charge >= 0.3 is 0 Å². The van der Waals surface area contributed by atoms with Gasteiger partial charge in [-0.25, -0.2) is 13.8 Å². The van der Waals surface area contributed by atoms with Crippen molar-refractivity contribution in [3.8, 4) is 11.3 Å². The molecule has 3 aromatic rings. The van der Waals surface area contributed by atoms with Crippen LogP contribution in [0.3, 0.4) is 0 Å². The molecule has 4 nitrogen and oxygen atoms in total. The van der Waals surface area contributed by atoms with Crippen molar-refractivity contribution in [2.24, 2.45) is 0 Å². The molecule has 2 heterocycles. The fourth-order valence-electron chi connectivity index (χ4n) is 3.63. The van der Waals surface area contributed by atoms with Gasteiger partial charge in [-0.2, -0.15) is 0 Å². The lowest BCUT2D eigenvalue weighted by Gasteiger charge is -2.24. The van der Waals surface area contributed by atoms with Crippen LogP contribution in [0.15, 0.2) is 48.5 Å². The van der Waals surface area contributed by atoms with E-state index in [0.29, 0.717) is 23.1 Å². The molecule has 1 unspecified atom stereocenters. The summed E-state index contributed by atoms with van der Waals surface area (Å²) < 4.78 is 28.1. The number of carbonyl (C=O) groups is 1. The summed E-state index contributed by atoms with van der Waals surface area (Å²) in [6.07, 6.45) is 1.52. The normalized spacial score (nSPS) is 16.9. The number of benzene rings is 2. The molecule has 138 valence electrons. The van der Waals surface area contributed by atoms with Gasteiger partial charge in [0.25, 0.3) is 5.91 Å². The molecule has 1 saturated heterocycles. The number of hydrogen-bond acceptors (Lipinski definition) is 3. The molecule has 2 aromatic carbocycles. The lowest BCUT2D eigenvalue weighted by atomic mass is 10.0. The molecule has 0 bridgehead atoms. The van der Waals surface area contributed by atoms with Crippen molar-refractivity contribution in [2.45, 2.75) is 18.9 Å². The lowest BCUT2D eigenvalue weighted by molar-refractivity contribution is 0.0679. The molecule has 27 heavy (non-hydrogen) atoms. The van der Waals surface area contributed by atoms with Crippen molar-refractivity contribution < 1.29 is 18.7 Å². The number of halogens is 2. The Bertz CT molecular complexity index is 1020. The minimum Gasteiger partial charge on any atom is -0.394 e. The van der Waals surface area contributed by atoms with E-state index in [1.807, 2.05) is 0 Å². The monoisotopic (exact) mass is 368 g/mol. The van der Waals surface area contributed by atoms with E-state index in [2.05, 4.69) is 4.98 Å². The van der Waals surface area contributed by atoms with Gasteiger partial charge in [-0.3, -0.25) is 4.79 Å². The quantitative estimate of drug-likeness (QED) is 0.766. The van der Waals surface area contributed by atoms with Crippen LogP contribution in [0.4, 0.5) is 8.78 Å². The minimum atomic E-state index is -0.475. The number of hydrogen-bond donors (Lipinski definition) is 1. The number of carbonyl (C=O) groups excluding carboxylic acids is 1. The van der Waals surface area contributed by atoms with E-state index in [9.17, 15) is 18.7 Å². The third-order valence-corrected chi connectivity index (χ3v) is 5.00. The van der Waals surface area contributed by atoms with E-state index in [-0.39, 0.29) is 29.7 Å². The van der Waals surface area contributed by atoms with Crippen LogP contribution < -0.4 is 0 Å². The summed E-state index contributed by atoms with van der Waals surface area (Å²) >= 11 is 0. The van der Waals surface area contributed by atoms with Crippen molar-refractivity contribution in [1.82, 2.24) is 9.88 Å². The summed E-state index contributed by atoms with van der Waals surface area (Å²) in [5, 5.41) is 9.92. The van der Waals surface area contributed by atoms with Crippen molar-refractivity contribution in [2.75, 3.05) is 13.2 Å². The highest BCUT2D eigenvalue weighted by Gasteiger charge is 2.30. The number of rotatable bonds is 3. The number of fused-ring (bicyclic) bond motifs is 1. The van der Waals surface area contributed by atoms with E-state index in [0.717, 1.165) is 12.8 Å². The Labute approximate surface area is 155 Å². The number of likely N-dealkylation sites (tertiary alicyclic amines) is 1. The second-order valence-electron chi connectivity index (χ2n) is 6.67. The number of aromatic nitrogens is 1. The highest BCUT2D eigenvalue weighted by molar-refractivity contribution is 6.07. The number of amides is 1. The molecule has 0 saturated carbocycles. The van der Waals surface area contributed by atoms with Crippen LogP contribution >= 0.6 is 0 Å². The van der Waals surface area contributed by atoms with Crippen LogP contribution in [0.25, 0.3) is 22.2 Å². The molecule has 0 spiro atoms. The molecule has 4 rings (SSSR count). The van der Waals surface area contributed by atoms with Crippen LogP contribution in [-0.2, 0) is 0 Å². The molecule has 1 aromatic heterocycles. The zero-order valence-electron chi connectivity index (χ0n) is 14.5. The minimum absolute atomic E-state index is 0.122. The summed E-state index contributed by atoms with van der Waals surface area (Å²) in [5.74, 6) is -1.22. The first-order valence-electron chi connectivity index (χ1n) is 8.85. The first-order valence-corrected chi connectivity index (χ1v) is 8.85. The van der Waals surface area contributed by atoms with Crippen molar-refractivity contribution >= 4 is 16.8 Å². The third-order valence-electron chi connectivity index (χ3n) is 5.00. The van der Waals surface area contributed by atoms with Crippen LogP contribution in [0.5, 0.6) is 0 Å². The Hall–Kier alpha value is -2.86. The first kappa shape index (κ1) is 17.5. The van der Waals surface area contributed by atoms with Gasteiger partial charge in [0.15, 0.2) is 0 Å². The van der Waals surface area contributed by atoms with E-state index < -0.39 is 11.6 Å². The summed E-state index contributed by atoms with van der Waals surface area (Å²) in [6, 6.07) is 11.5. The highest BCUT2D eigenvalue weighted by Crippen LogP contribution is 2.29. The SMILES string of the molecule is O=C(c1cc(-c2ccccc2F)nc2ccc(F)cc12)N1CCCC1CO. The number of aliphatic hydroxyl groups excluding tert-OH is 1. The zero-order chi connectivity index (χ0) is 19.0. The summed E-state index contributed by atoms with van der Waals surface area (Å²) in [4.78, 5) is 19.2. The Morgan fingerprint density at radius 2 is 2.00 bits per heavy atom. The molecule has 1 fully saturated rings. The van der Waals surface area contributed by atoms with Crippen LogP contribution in [-0.4, -0.2) is 40.1 Å². The Kier molecular flexibility index (Phi) is 4.58. The molecule has 1 amide bonds. The molecule has 6 heteroatoms. The predicted molar refractivity (Wildman–Crippen MR) is 98.2 cm³/mol. The Morgan fingerprint density at radius 3 is 2.78 bits per heavy atom. The van der Waals surface area contributed by atoms with Gasteiger partial charge in [-0.15, -0.1) is 0 Å². The highest BCUT2D eigenvalue weighted by atomic mass is 19.1. The molecular formula is C21H18F2N2O2. The average Bonchev–Trinajstić information content (AvgIpc) is 3.16. The summed E-state index contributed by atoms with van der Waals surface area (Å²) in [7, 11) is 0. The third kappa shape index (κ3) is 3.17. The van der Waals surface area contributed by atoms with Crippen LogP contribution in [0.2, 0.25) is 0 Å². The first-order chi connectivity index (χ1) is 13.1. The number of pyridine rings is 1. The van der Waals surface area contributed by atoms with Crippen LogP contribution in [0.1, 0.15) is 23.2 Å². The molecule has 0 radical (unpaired) electrons. The second kappa shape index (κ2) is 7.04. The second-order valence-corrected chi connectivity index (χ2v) is 6.67. The maximum absolute atomic E-state index is 14.3. The van der Waals surface area contributed by atoms with Gasteiger partial charge in [-0.1, -0.05) is 12.1 Å². The van der Waals surface area contributed by atoms with E-state index in [1.165, 1.54) is 30.3 Å². The summed E-state index contributed by atoms with van der Waals surface area (Å²) in [6.45, 7) is 0.404. The zero-order valence-corrected chi connectivity index (χ0v) is 14.5. The average molecular weight is 368 g/mol. The van der Waals surface area contributed by atoms with Gasteiger partial charge < -0.3 is 10.0 Å². The van der Waals surface area contributed by atoms with Gasteiger partial charge in [0.05, 0.1) is 29.4 Å². The number of aliphatic hydroxyl groups is 1. The molecule has 1 N–H and O–H groups in total. The standard InChI is InChI=1S/C21H18F2N2O2/c22-13-7-8-19-16(10-13)17(21(27)25-9-3-4-14(25)12-26)11-20(24-19)15-5-1-2-6-18(15)23/h1-2,5-8,10-11,14,26H,3-4,9,12H2. The van der Waals surface area contributed by atoms with Crippen LogP contribution in [0, 0.1) is 11.6 Å². The van der Waals surface area contributed by atoms with Crippen molar-refractivity contribution in [3.63, 3.8) is 0 Å². The maximum atomic E-state index is 14.3. The fraction of sp³-hybridized carbons (Fsp3) is 0.238.